The Labute approximate surface area is 159 Å². The van der Waals surface area contributed by atoms with Gasteiger partial charge >= 0.3 is 0 Å². The molecule has 1 unspecified atom stereocenters. The number of carbonyl (C=O) groups is 1. The number of hydrogen-bond donors (Lipinski definition) is 0. The van der Waals surface area contributed by atoms with E-state index in [1.807, 2.05) is 21.5 Å². The SMILES string of the molecule is COc1ccc2nnc(C3CCN(CC4CCCN(C(C)=O)C4)CC3)n2n1. The normalized spacial score (nSPS) is 22.3. The van der Waals surface area contributed by atoms with Gasteiger partial charge in [-0.25, -0.2) is 0 Å². The Morgan fingerprint density at radius 1 is 1.19 bits per heavy atom. The van der Waals surface area contributed by atoms with Crippen molar-refractivity contribution in [2.45, 2.75) is 38.5 Å². The lowest BCUT2D eigenvalue weighted by Gasteiger charge is -2.37. The molecule has 0 saturated carbocycles. The highest BCUT2D eigenvalue weighted by molar-refractivity contribution is 5.73. The molecule has 2 aromatic heterocycles. The number of methoxy groups -OCH3 is 1. The summed E-state index contributed by atoms with van der Waals surface area (Å²) in [5.74, 6) is 2.69. The maximum atomic E-state index is 11.6. The molecule has 0 bridgehead atoms. The van der Waals surface area contributed by atoms with Gasteiger partial charge in [-0.05, 0) is 50.8 Å². The number of carbonyl (C=O) groups excluding carboxylic acids is 1. The first kappa shape index (κ1) is 18.2. The Balaban J connectivity index is 1.36. The van der Waals surface area contributed by atoms with Gasteiger partial charge in [-0.3, -0.25) is 4.79 Å². The van der Waals surface area contributed by atoms with Crippen LogP contribution < -0.4 is 4.74 Å². The number of aromatic nitrogens is 4. The molecule has 146 valence electrons. The lowest BCUT2D eigenvalue weighted by molar-refractivity contribution is -0.130. The van der Waals surface area contributed by atoms with E-state index in [4.69, 9.17) is 4.74 Å². The highest BCUT2D eigenvalue weighted by Gasteiger charge is 2.28. The predicted octanol–water partition coefficient (Wildman–Crippen LogP) is 1.57. The number of amides is 1. The molecule has 2 fully saturated rings. The minimum absolute atomic E-state index is 0.208. The molecule has 4 heterocycles. The third-order valence-electron chi connectivity index (χ3n) is 5.91. The summed E-state index contributed by atoms with van der Waals surface area (Å²) in [6.07, 6.45) is 4.47. The first-order valence-electron chi connectivity index (χ1n) is 9.88. The first-order chi connectivity index (χ1) is 13.1. The maximum absolute atomic E-state index is 11.6. The molecule has 2 aliphatic heterocycles. The molecule has 8 nitrogen and oxygen atoms in total. The van der Waals surface area contributed by atoms with E-state index in [1.165, 1.54) is 6.42 Å². The van der Waals surface area contributed by atoms with Crippen molar-refractivity contribution in [2.24, 2.45) is 5.92 Å². The Morgan fingerprint density at radius 3 is 2.74 bits per heavy atom. The summed E-state index contributed by atoms with van der Waals surface area (Å²) in [5, 5.41) is 13.1. The molecule has 27 heavy (non-hydrogen) atoms. The van der Waals surface area contributed by atoms with Crippen molar-refractivity contribution in [3.63, 3.8) is 0 Å². The van der Waals surface area contributed by atoms with Crippen LogP contribution in [0.2, 0.25) is 0 Å². The number of hydrogen-bond acceptors (Lipinski definition) is 6. The van der Waals surface area contributed by atoms with Crippen LogP contribution in [0.25, 0.3) is 5.65 Å². The molecular weight excluding hydrogens is 344 g/mol. The summed E-state index contributed by atoms with van der Waals surface area (Å²) in [6, 6.07) is 3.70. The molecule has 2 aromatic rings. The van der Waals surface area contributed by atoms with Crippen molar-refractivity contribution in [3.05, 3.63) is 18.0 Å². The molecule has 0 radical (unpaired) electrons. The lowest BCUT2D eigenvalue weighted by atomic mass is 9.93. The second-order valence-electron chi connectivity index (χ2n) is 7.75. The van der Waals surface area contributed by atoms with E-state index >= 15 is 0 Å². The van der Waals surface area contributed by atoms with Gasteiger partial charge in [0, 0.05) is 38.5 Å². The fraction of sp³-hybridized carbons (Fsp3) is 0.684. The standard InChI is InChI=1S/C19H28N6O2/c1-14(26)24-9-3-4-15(13-24)12-23-10-7-16(8-11-23)19-21-20-17-5-6-18(27-2)22-25(17)19/h5-6,15-16H,3-4,7-13H2,1-2H3. The van der Waals surface area contributed by atoms with Crippen molar-refractivity contribution < 1.29 is 9.53 Å². The van der Waals surface area contributed by atoms with E-state index in [0.717, 1.165) is 63.5 Å². The number of nitrogens with zero attached hydrogens (tertiary/aromatic N) is 6. The van der Waals surface area contributed by atoms with Crippen LogP contribution in [0.15, 0.2) is 12.1 Å². The van der Waals surface area contributed by atoms with Crippen LogP contribution >= 0.6 is 0 Å². The minimum atomic E-state index is 0.208. The van der Waals surface area contributed by atoms with Crippen LogP contribution in [0.1, 0.15) is 44.3 Å². The van der Waals surface area contributed by atoms with Crippen molar-refractivity contribution in [1.29, 1.82) is 0 Å². The van der Waals surface area contributed by atoms with Crippen LogP contribution in [0.5, 0.6) is 5.88 Å². The summed E-state index contributed by atoms with van der Waals surface area (Å²) in [7, 11) is 1.62. The zero-order chi connectivity index (χ0) is 18.8. The fourth-order valence-electron chi connectivity index (χ4n) is 4.39. The Morgan fingerprint density at radius 2 is 2.00 bits per heavy atom. The zero-order valence-electron chi connectivity index (χ0n) is 16.2. The highest BCUT2D eigenvalue weighted by atomic mass is 16.5. The largest absolute Gasteiger partial charge is 0.480 e. The monoisotopic (exact) mass is 372 g/mol. The Kier molecular flexibility index (Phi) is 5.24. The smallest absolute Gasteiger partial charge is 0.231 e. The quantitative estimate of drug-likeness (QED) is 0.811. The molecule has 2 aliphatic rings. The number of ether oxygens (including phenoxy) is 1. The topological polar surface area (TPSA) is 75.9 Å². The van der Waals surface area contributed by atoms with Gasteiger partial charge in [0.05, 0.1) is 7.11 Å². The van der Waals surface area contributed by atoms with Crippen molar-refractivity contribution >= 4 is 11.6 Å². The van der Waals surface area contributed by atoms with Crippen LogP contribution in [-0.4, -0.2) is 75.4 Å². The summed E-state index contributed by atoms with van der Waals surface area (Å²) in [6.45, 7) is 6.71. The Hall–Kier alpha value is -2.22. The van der Waals surface area contributed by atoms with Crippen LogP contribution in [0.4, 0.5) is 0 Å². The molecule has 0 aliphatic carbocycles. The fourth-order valence-corrected chi connectivity index (χ4v) is 4.39. The van der Waals surface area contributed by atoms with Gasteiger partial charge in [0.25, 0.3) is 0 Å². The molecule has 1 amide bonds. The number of piperidine rings is 2. The number of likely N-dealkylation sites (tertiary alicyclic amines) is 2. The van der Waals surface area contributed by atoms with Gasteiger partial charge in [-0.15, -0.1) is 15.3 Å². The number of fused-ring (bicyclic) bond motifs is 1. The molecular formula is C19H28N6O2. The zero-order valence-corrected chi connectivity index (χ0v) is 16.2. The molecule has 1 atom stereocenters. The molecule has 0 aromatic carbocycles. The van der Waals surface area contributed by atoms with Crippen molar-refractivity contribution in [2.75, 3.05) is 39.8 Å². The van der Waals surface area contributed by atoms with Crippen LogP contribution in [0, 0.1) is 5.92 Å². The van der Waals surface area contributed by atoms with E-state index in [-0.39, 0.29) is 5.91 Å². The summed E-state index contributed by atoms with van der Waals surface area (Å²) in [4.78, 5) is 16.2. The van der Waals surface area contributed by atoms with E-state index in [2.05, 4.69) is 20.2 Å². The molecule has 4 rings (SSSR count). The average molecular weight is 372 g/mol. The van der Waals surface area contributed by atoms with E-state index in [9.17, 15) is 4.79 Å². The van der Waals surface area contributed by atoms with Gasteiger partial charge in [0.1, 0.15) is 0 Å². The second-order valence-corrected chi connectivity index (χ2v) is 7.75. The van der Waals surface area contributed by atoms with Gasteiger partial charge in [-0.2, -0.15) is 4.52 Å². The minimum Gasteiger partial charge on any atom is -0.480 e. The summed E-state index contributed by atoms with van der Waals surface area (Å²) < 4.78 is 7.06. The van der Waals surface area contributed by atoms with Crippen molar-refractivity contribution in [3.8, 4) is 5.88 Å². The lowest BCUT2D eigenvalue weighted by Crippen LogP contribution is -2.44. The molecule has 0 spiro atoms. The van der Waals surface area contributed by atoms with E-state index in [1.54, 1.807) is 14.0 Å². The van der Waals surface area contributed by atoms with Gasteiger partial charge < -0.3 is 14.5 Å². The summed E-state index contributed by atoms with van der Waals surface area (Å²) >= 11 is 0. The second kappa shape index (κ2) is 7.80. The van der Waals surface area contributed by atoms with Crippen LogP contribution in [-0.2, 0) is 4.79 Å². The number of rotatable bonds is 4. The van der Waals surface area contributed by atoms with Gasteiger partial charge in [-0.1, -0.05) is 0 Å². The first-order valence-corrected chi connectivity index (χ1v) is 9.88. The summed E-state index contributed by atoms with van der Waals surface area (Å²) in [5.41, 5.74) is 0.764. The van der Waals surface area contributed by atoms with E-state index in [0.29, 0.717) is 17.7 Å². The average Bonchev–Trinajstić information content (AvgIpc) is 3.12. The molecule has 8 heteroatoms. The van der Waals surface area contributed by atoms with E-state index < -0.39 is 0 Å². The molecule has 0 N–H and O–H groups in total. The third kappa shape index (κ3) is 3.90. The Bertz CT molecular complexity index is 799. The predicted molar refractivity (Wildman–Crippen MR) is 101 cm³/mol. The van der Waals surface area contributed by atoms with Gasteiger partial charge in [0.15, 0.2) is 11.5 Å². The maximum Gasteiger partial charge on any atom is 0.231 e. The van der Waals surface area contributed by atoms with Crippen LogP contribution in [0.3, 0.4) is 0 Å². The van der Waals surface area contributed by atoms with Crippen molar-refractivity contribution in [1.82, 2.24) is 29.6 Å². The third-order valence-corrected chi connectivity index (χ3v) is 5.91. The van der Waals surface area contributed by atoms with Gasteiger partial charge in [0.2, 0.25) is 11.8 Å². The highest BCUT2D eigenvalue weighted by Crippen LogP contribution is 2.28. The molecule has 2 saturated heterocycles.